The van der Waals surface area contributed by atoms with Crippen molar-refractivity contribution in [1.29, 1.82) is 0 Å². The minimum Gasteiger partial charge on any atom is -0.462 e. The molecule has 4 aliphatic rings. The summed E-state index contributed by atoms with van der Waals surface area (Å²) in [5, 5.41) is 0. The second-order valence-electron chi connectivity index (χ2n) is 9.27. The van der Waals surface area contributed by atoms with Crippen molar-refractivity contribution in [3.63, 3.8) is 0 Å². The van der Waals surface area contributed by atoms with Crippen LogP contribution < -0.4 is 4.90 Å². The Morgan fingerprint density at radius 1 is 1.21 bits per heavy atom. The molecule has 0 aromatic heterocycles. The molecule has 3 nitrogen and oxygen atoms in total. The summed E-state index contributed by atoms with van der Waals surface area (Å²) in [5.74, 6) is 1.31. The number of quaternary nitrogens is 1. The first kappa shape index (κ1) is 16.6. The molecule has 0 aromatic carbocycles. The van der Waals surface area contributed by atoms with Crippen molar-refractivity contribution in [1.82, 2.24) is 0 Å². The molecule has 4 fully saturated rings. The summed E-state index contributed by atoms with van der Waals surface area (Å²) < 4.78 is 5.92. The molecule has 5 atom stereocenters. The van der Waals surface area contributed by atoms with Gasteiger partial charge in [0.15, 0.2) is 0 Å². The van der Waals surface area contributed by atoms with Crippen molar-refractivity contribution in [2.24, 2.45) is 23.2 Å². The van der Waals surface area contributed by atoms with Crippen LogP contribution in [0.3, 0.4) is 0 Å². The van der Waals surface area contributed by atoms with Gasteiger partial charge in [-0.3, -0.25) is 4.79 Å². The van der Waals surface area contributed by atoms with E-state index >= 15 is 0 Å². The molecule has 0 spiro atoms. The summed E-state index contributed by atoms with van der Waals surface area (Å²) in [4.78, 5) is 14.3. The van der Waals surface area contributed by atoms with Gasteiger partial charge in [0.05, 0.1) is 19.6 Å². The van der Waals surface area contributed by atoms with Crippen LogP contribution in [0, 0.1) is 23.2 Å². The molecule has 4 rings (SSSR count). The molecule has 0 amide bonds. The second kappa shape index (κ2) is 6.48. The third-order valence-corrected chi connectivity index (χ3v) is 7.64. The lowest BCUT2D eigenvalue weighted by Crippen LogP contribution is -3.12. The second-order valence-corrected chi connectivity index (χ2v) is 9.27. The zero-order valence-corrected chi connectivity index (χ0v) is 15.3. The molecule has 0 unspecified atom stereocenters. The molecule has 2 aliphatic heterocycles. The third kappa shape index (κ3) is 2.94. The molecule has 24 heavy (non-hydrogen) atoms. The lowest BCUT2D eigenvalue weighted by Gasteiger charge is -2.50. The van der Waals surface area contributed by atoms with Crippen molar-refractivity contribution in [2.75, 3.05) is 19.6 Å². The number of allylic oxidation sites excluding steroid dienone is 1. The van der Waals surface area contributed by atoms with Crippen molar-refractivity contribution in [3.8, 4) is 0 Å². The number of nitrogens with one attached hydrogen (secondary N) is 1. The number of hydrogen-bond acceptors (Lipinski definition) is 2. The Hall–Kier alpha value is -0.830. The minimum absolute atomic E-state index is 0.106. The molecule has 0 bridgehead atoms. The van der Waals surface area contributed by atoms with Gasteiger partial charge in [-0.25, -0.2) is 0 Å². The van der Waals surface area contributed by atoms with Crippen LogP contribution >= 0.6 is 0 Å². The fourth-order valence-electron chi connectivity index (χ4n) is 6.23. The van der Waals surface area contributed by atoms with E-state index in [9.17, 15) is 4.79 Å². The van der Waals surface area contributed by atoms with E-state index in [2.05, 4.69) is 13.5 Å². The topological polar surface area (TPSA) is 30.7 Å². The fourth-order valence-corrected chi connectivity index (χ4v) is 6.23. The SMILES string of the molecule is C=C1CCC[C@]2(C)C[C@H]3OC(=O)[C@H](C[NH+]4CCCCCC4)[C@H]3C[C@H]12. The van der Waals surface area contributed by atoms with E-state index in [0.29, 0.717) is 17.3 Å². The highest BCUT2D eigenvalue weighted by atomic mass is 16.6. The van der Waals surface area contributed by atoms with E-state index in [1.807, 2.05) is 0 Å². The van der Waals surface area contributed by atoms with Crippen LogP contribution in [0.25, 0.3) is 0 Å². The quantitative estimate of drug-likeness (QED) is 0.623. The van der Waals surface area contributed by atoms with Crippen LogP contribution in [-0.4, -0.2) is 31.7 Å². The van der Waals surface area contributed by atoms with Gasteiger partial charge in [-0.05, 0) is 69.1 Å². The summed E-state index contributed by atoms with van der Waals surface area (Å²) in [7, 11) is 0. The Bertz CT molecular complexity index is 508. The van der Waals surface area contributed by atoms with Gasteiger partial charge in [0.25, 0.3) is 0 Å². The van der Waals surface area contributed by atoms with Crippen molar-refractivity contribution >= 4 is 5.97 Å². The van der Waals surface area contributed by atoms with Gasteiger partial charge in [0.2, 0.25) is 0 Å². The summed E-state index contributed by atoms with van der Waals surface area (Å²) in [6.07, 6.45) is 11.5. The van der Waals surface area contributed by atoms with Gasteiger partial charge >= 0.3 is 5.97 Å². The number of rotatable bonds is 2. The lowest BCUT2D eigenvalue weighted by atomic mass is 9.55. The maximum atomic E-state index is 12.6. The first-order valence-corrected chi connectivity index (χ1v) is 10.3. The monoisotopic (exact) mass is 332 g/mol. The zero-order chi connectivity index (χ0) is 16.7. The highest BCUT2D eigenvalue weighted by Gasteiger charge is 2.55. The lowest BCUT2D eigenvalue weighted by molar-refractivity contribution is -0.902. The maximum Gasteiger partial charge on any atom is 0.315 e. The molecule has 0 radical (unpaired) electrons. The molecular weight excluding hydrogens is 298 g/mol. The Labute approximate surface area is 146 Å². The predicted molar refractivity (Wildman–Crippen MR) is 94.7 cm³/mol. The van der Waals surface area contributed by atoms with Gasteiger partial charge in [-0.15, -0.1) is 0 Å². The normalized spacial score (nSPS) is 43.7. The Morgan fingerprint density at radius 2 is 1.96 bits per heavy atom. The van der Waals surface area contributed by atoms with Crippen molar-refractivity contribution < 1.29 is 14.4 Å². The summed E-state index contributed by atoms with van der Waals surface area (Å²) in [6, 6.07) is 0. The summed E-state index contributed by atoms with van der Waals surface area (Å²) >= 11 is 0. The molecule has 2 heterocycles. The van der Waals surface area contributed by atoms with Gasteiger partial charge in [-0.2, -0.15) is 0 Å². The molecule has 2 saturated carbocycles. The van der Waals surface area contributed by atoms with E-state index in [-0.39, 0.29) is 18.0 Å². The third-order valence-electron chi connectivity index (χ3n) is 7.64. The van der Waals surface area contributed by atoms with E-state index < -0.39 is 0 Å². The highest BCUT2D eigenvalue weighted by Crippen LogP contribution is 2.56. The van der Waals surface area contributed by atoms with Crippen LogP contribution in [0.5, 0.6) is 0 Å². The van der Waals surface area contributed by atoms with Gasteiger partial charge in [0.1, 0.15) is 12.0 Å². The number of carbonyl (C=O) groups excluding carboxylic acids is 1. The molecule has 3 heteroatoms. The van der Waals surface area contributed by atoms with Crippen LogP contribution in [-0.2, 0) is 9.53 Å². The van der Waals surface area contributed by atoms with Crippen molar-refractivity contribution in [2.45, 2.75) is 70.8 Å². The number of fused-ring (bicyclic) bond motifs is 2. The number of likely N-dealkylation sites (tertiary alicyclic amines) is 1. The Balaban J connectivity index is 1.49. The Kier molecular flexibility index (Phi) is 4.49. The van der Waals surface area contributed by atoms with E-state index in [4.69, 9.17) is 4.74 Å². The Morgan fingerprint density at radius 3 is 2.71 bits per heavy atom. The summed E-state index contributed by atoms with van der Waals surface area (Å²) in [6.45, 7) is 10.3. The molecular formula is C21H34NO2+. The van der Waals surface area contributed by atoms with E-state index in [1.54, 1.807) is 4.90 Å². The first-order valence-electron chi connectivity index (χ1n) is 10.3. The molecule has 2 saturated heterocycles. The van der Waals surface area contributed by atoms with Crippen LogP contribution in [0.4, 0.5) is 0 Å². The fraction of sp³-hybridized carbons (Fsp3) is 0.857. The zero-order valence-electron chi connectivity index (χ0n) is 15.3. The largest absolute Gasteiger partial charge is 0.462 e. The average Bonchev–Trinajstić information content (AvgIpc) is 2.72. The van der Waals surface area contributed by atoms with Gasteiger partial charge < -0.3 is 9.64 Å². The number of ether oxygens (including phenoxy) is 1. The van der Waals surface area contributed by atoms with Crippen molar-refractivity contribution in [3.05, 3.63) is 12.2 Å². The van der Waals surface area contributed by atoms with Crippen LogP contribution in [0.2, 0.25) is 0 Å². The minimum atomic E-state index is 0.106. The van der Waals surface area contributed by atoms with Gasteiger partial charge in [0, 0.05) is 5.92 Å². The number of esters is 1. The molecule has 1 N–H and O–H groups in total. The molecule has 0 aromatic rings. The van der Waals surface area contributed by atoms with E-state index in [0.717, 1.165) is 19.4 Å². The van der Waals surface area contributed by atoms with Gasteiger partial charge in [-0.1, -0.05) is 19.1 Å². The number of hydrogen-bond donors (Lipinski definition) is 1. The highest BCUT2D eigenvalue weighted by molar-refractivity contribution is 5.75. The molecule has 2 aliphatic carbocycles. The maximum absolute atomic E-state index is 12.6. The first-order chi connectivity index (χ1) is 11.6. The number of carbonyl (C=O) groups is 1. The predicted octanol–water partition coefficient (Wildman–Crippen LogP) is 2.76. The average molecular weight is 333 g/mol. The summed E-state index contributed by atoms with van der Waals surface area (Å²) in [5.41, 5.74) is 1.77. The van der Waals surface area contributed by atoms with E-state index in [1.165, 1.54) is 63.6 Å². The standard InChI is InChI=1S/C21H33NO2/c1-15-8-7-9-21(2)13-19-16(12-18(15)21)17(20(23)24-19)14-22-10-5-3-4-6-11-22/h16-19H,1,3-14H2,2H3/p+1/t16-,17-,18-,19-,21-/m1/s1. The molecule has 134 valence electrons. The van der Waals surface area contributed by atoms with Crippen LogP contribution in [0.15, 0.2) is 12.2 Å². The smallest absolute Gasteiger partial charge is 0.315 e. The van der Waals surface area contributed by atoms with Crippen LogP contribution in [0.1, 0.15) is 64.7 Å².